The van der Waals surface area contributed by atoms with Crippen LogP contribution in [0.4, 0.5) is 5.69 Å². The van der Waals surface area contributed by atoms with Gasteiger partial charge in [0.1, 0.15) is 12.3 Å². The van der Waals surface area contributed by atoms with E-state index in [1.165, 1.54) is 12.1 Å². The number of nitrogens with one attached hydrogen (secondary N) is 1. The number of amides is 1. The van der Waals surface area contributed by atoms with Crippen LogP contribution in [0.2, 0.25) is 0 Å². The minimum atomic E-state index is -4.01. The SMILES string of the molecule is CCOc1ccccc1N(CC(=O)NCCCc1ccc(OC)c(OC)c1)S(=O)(=O)c1ccccc1. The molecule has 3 aromatic rings. The maximum atomic E-state index is 13.5. The number of ether oxygens (including phenoxy) is 3. The molecule has 0 aliphatic rings. The topological polar surface area (TPSA) is 94.2 Å². The highest BCUT2D eigenvalue weighted by molar-refractivity contribution is 7.92. The van der Waals surface area contributed by atoms with E-state index < -0.39 is 15.9 Å². The lowest BCUT2D eigenvalue weighted by Gasteiger charge is -2.26. The molecule has 0 aromatic heterocycles. The molecule has 1 amide bonds. The van der Waals surface area contributed by atoms with Gasteiger partial charge < -0.3 is 19.5 Å². The van der Waals surface area contributed by atoms with Gasteiger partial charge in [-0.2, -0.15) is 0 Å². The van der Waals surface area contributed by atoms with Gasteiger partial charge in [-0.3, -0.25) is 9.10 Å². The first-order chi connectivity index (χ1) is 17.4. The van der Waals surface area contributed by atoms with Gasteiger partial charge >= 0.3 is 0 Å². The number of benzene rings is 3. The third-order valence-electron chi connectivity index (χ3n) is 5.46. The molecule has 0 bridgehead atoms. The first kappa shape index (κ1) is 26.9. The number of anilines is 1. The summed E-state index contributed by atoms with van der Waals surface area (Å²) in [6.07, 6.45) is 1.38. The monoisotopic (exact) mass is 512 g/mol. The Morgan fingerprint density at radius 2 is 1.58 bits per heavy atom. The quantitative estimate of drug-likeness (QED) is 0.347. The van der Waals surface area contributed by atoms with Crippen LogP contribution >= 0.6 is 0 Å². The minimum Gasteiger partial charge on any atom is -0.493 e. The van der Waals surface area contributed by atoms with Crippen molar-refractivity contribution >= 4 is 21.6 Å². The summed E-state index contributed by atoms with van der Waals surface area (Å²) in [5, 5.41) is 2.84. The summed E-state index contributed by atoms with van der Waals surface area (Å²) >= 11 is 0. The van der Waals surface area contributed by atoms with E-state index >= 15 is 0 Å². The number of aryl methyl sites for hydroxylation is 1. The van der Waals surface area contributed by atoms with E-state index in [4.69, 9.17) is 14.2 Å². The fraction of sp³-hybridized carbons (Fsp3) is 0.296. The van der Waals surface area contributed by atoms with Crippen LogP contribution in [-0.2, 0) is 21.2 Å². The average Bonchev–Trinajstić information content (AvgIpc) is 2.90. The highest BCUT2D eigenvalue weighted by Gasteiger charge is 2.29. The molecule has 3 aromatic carbocycles. The lowest BCUT2D eigenvalue weighted by molar-refractivity contribution is -0.119. The van der Waals surface area contributed by atoms with Crippen LogP contribution in [0.15, 0.2) is 77.7 Å². The summed E-state index contributed by atoms with van der Waals surface area (Å²) in [6, 6.07) is 20.5. The van der Waals surface area contributed by atoms with E-state index in [2.05, 4.69) is 5.32 Å². The van der Waals surface area contributed by atoms with E-state index in [-0.39, 0.29) is 11.4 Å². The van der Waals surface area contributed by atoms with Gasteiger partial charge in [-0.15, -0.1) is 0 Å². The zero-order valence-corrected chi connectivity index (χ0v) is 21.6. The van der Waals surface area contributed by atoms with Crippen molar-refractivity contribution in [2.24, 2.45) is 0 Å². The second-order valence-corrected chi connectivity index (χ2v) is 9.73. The van der Waals surface area contributed by atoms with Crippen LogP contribution in [0.5, 0.6) is 17.2 Å². The summed E-state index contributed by atoms with van der Waals surface area (Å²) in [7, 11) is -0.843. The number of para-hydroxylation sites is 2. The highest BCUT2D eigenvalue weighted by Crippen LogP contribution is 2.32. The van der Waals surface area contributed by atoms with Crippen molar-refractivity contribution in [2.75, 3.05) is 38.2 Å². The Labute approximate surface area is 212 Å². The number of rotatable bonds is 13. The molecule has 0 aliphatic carbocycles. The Balaban J connectivity index is 1.71. The van der Waals surface area contributed by atoms with Crippen molar-refractivity contribution in [1.82, 2.24) is 5.32 Å². The second-order valence-electron chi connectivity index (χ2n) is 7.87. The van der Waals surface area contributed by atoms with Gasteiger partial charge in [0.2, 0.25) is 5.91 Å². The molecule has 0 spiro atoms. The molecular weight excluding hydrogens is 480 g/mol. The average molecular weight is 513 g/mol. The molecule has 0 atom stereocenters. The molecule has 0 saturated heterocycles. The number of carbonyl (C=O) groups is 1. The van der Waals surface area contributed by atoms with E-state index in [1.807, 2.05) is 25.1 Å². The molecule has 1 N–H and O–H groups in total. The lowest BCUT2D eigenvalue weighted by atomic mass is 10.1. The lowest BCUT2D eigenvalue weighted by Crippen LogP contribution is -2.41. The van der Waals surface area contributed by atoms with E-state index in [0.29, 0.717) is 48.9 Å². The molecule has 0 unspecified atom stereocenters. The van der Waals surface area contributed by atoms with Crippen molar-refractivity contribution in [1.29, 1.82) is 0 Å². The van der Waals surface area contributed by atoms with E-state index in [9.17, 15) is 13.2 Å². The summed E-state index contributed by atoms with van der Waals surface area (Å²) in [6.45, 7) is 2.19. The predicted octanol–water partition coefficient (Wildman–Crippen LogP) is 4.05. The highest BCUT2D eigenvalue weighted by atomic mass is 32.2. The van der Waals surface area contributed by atoms with Crippen LogP contribution in [-0.4, -0.2) is 48.2 Å². The third-order valence-corrected chi connectivity index (χ3v) is 7.24. The number of carbonyl (C=O) groups excluding carboxylic acids is 1. The van der Waals surface area contributed by atoms with E-state index in [1.54, 1.807) is 56.7 Å². The standard InChI is InChI=1S/C27H32N2O6S/c1-4-35-24-15-9-8-14-23(24)29(36(31,32)22-12-6-5-7-13-22)20-27(30)28-18-10-11-21-16-17-25(33-2)26(19-21)34-3/h5-9,12-17,19H,4,10-11,18,20H2,1-3H3,(H,28,30). The Bertz CT molecular complexity index is 1250. The Kier molecular flexibility index (Phi) is 9.58. The summed E-state index contributed by atoms with van der Waals surface area (Å²) in [5.74, 6) is 1.28. The van der Waals surface area contributed by atoms with Crippen LogP contribution in [0.3, 0.4) is 0 Å². The second kappa shape index (κ2) is 12.8. The van der Waals surface area contributed by atoms with Crippen LogP contribution < -0.4 is 23.8 Å². The molecule has 0 fully saturated rings. The minimum absolute atomic E-state index is 0.0950. The Morgan fingerprint density at radius 3 is 2.28 bits per heavy atom. The summed E-state index contributed by atoms with van der Waals surface area (Å²) < 4.78 is 44.4. The summed E-state index contributed by atoms with van der Waals surface area (Å²) in [5.41, 5.74) is 1.35. The zero-order valence-electron chi connectivity index (χ0n) is 20.8. The van der Waals surface area contributed by atoms with Gasteiger partial charge in [0, 0.05) is 6.54 Å². The van der Waals surface area contributed by atoms with Crippen molar-refractivity contribution in [3.05, 3.63) is 78.4 Å². The van der Waals surface area contributed by atoms with Gasteiger partial charge in [-0.1, -0.05) is 36.4 Å². The molecular formula is C27H32N2O6S. The fourth-order valence-electron chi connectivity index (χ4n) is 3.70. The molecule has 9 heteroatoms. The molecule has 36 heavy (non-hydrogen) atoms. The number of methoxy groups -OCH3 is 2. The van der Waals surface area contributed by atoms with E-state index in [0.717, 1.165) is 9.87 Å². The van der Waals surface area contributed by atoms with Crippen molar-refractivity contribution in [2.45, 2.75) is 24.7 Å². The molecule has 3 rings (SSSR count). The first-order valence-corrected chi connectivity index (χ1v) is 13.1. The Hall–Kier alpha value is -3.72. The number of sulfonamides is 1. The van der Waals surface area contributed by atoms with Crippen LogP contribution in [0.1, 0.15) is 18.9 Å². The van der Waals surface area contributed by atoms with Gasteiger partial charge in [-0.05, 0) is 61.7 Å². The predicted molar refractivity (Wildman–Crippen MR) is 139 cm³/mol. The molecule has 0 aliphatic heterocycles. The van der Waals surface area contributed by atoms with Crippen LogP contribution in [0.25, 0.3) is 0 Å². The maximum absolute atomic E-state index is 13.5. The fourth-order valence-corrected chi connectivity index (χ4v) is 5.16. The van der Waals surface area contributed by atoms with Gasteiger partial charge in [0.05, 0.1) is 31.4 Å². The smallest absolute Gasteiger partial charge is 0.264 e. The van der Waals surface area contributed by atoms with Crippen molar-refractivity contribution in [3.8, 4) is 17.2 Å². The number of hydrogen-bond acceptors (Lipinski definition) is 6. The van der Waals surface area contributed by atoms with Gasteiger partial charge in [-0.25, -0.2) is 8.42 Å². The van der Waals surface area contributed by atoms with Crippen molar-refractivity contribution < 1.29 is 27.4 Å². The molecule has 192 valence electrons. The molecule has 8 nitrogen and oxygen atoms in total. The number of hydrogen-bond donors (Lipinski definition) is 1. The van der Waals surface area contributed by atoms with Crippen LogP contribution in [0, 0.1) is 0 Å². The molecule has 0 saturated carbocycles. The number of nitrogens with zero attached hydrogens (tertiary/aromatic N) is 1. The first-order valence-electron chi connectivity index (χ1n) is 11.7. The summed E-state index contributed by atoms with van der Waals surface area (Å²) in [4.78, 5) is 13.0. The normalized spacial score (nSPS) is 11.0. The third kappa shape index (κ3) is 6.69. The largest absolute Gasteiger partial charge is 0.493 e. The molecule has 0 radical (unpaired) electrons. The van der Waals surface area contributed by atoms with Gasteiger partial charge in [0.15, 0.2) is 11.5 Å². The zero-order chi connectivity index (χ0) is 26.0. The molecule has 0 heterocycles. The maximum Gasteiger partial charge on any atom is 0.264 e. The Morgan fingerprint density at radius 1 is 0.889 bits per heavy atom. The van der Waals surface area contributed by atoms with Gasteiger partial charge in [0.25, 0.3) is 10.0 Å². The van der Waals surface area contributed by atoms with Crippen molar-refractivity contribution in [3.63, 3.8) is 0 Å².